The number of carbonyl (C=O) groups is 1. The molecule has 1 aromatic heterocycles. The van der Waals surface area contributed by atoms with Crippen molar-refractivity contribution in [1.82, 2.24) is 15.3 Å². The summed E-state index contributed by atoms with van der Waals surface area (Å²) in [5.74, 6) is 0.987. The Morgan fingerprint density at radius 2 is 2.00 bits per heavy atom. The number of carbonyl (C=O) groups excluding carboxylic acids is 1. The molecule has 0 saturated carbocycles. The Bertz CT molecular complexity index is 836. The van der Waals surface area contributed by atoms with Crippen molar-refractivity contribution in [3.8, 4) is 0 Å². The van der Waals surface area contributed by atoms with Crippen LogP contribution < -0.4 is 5.32 Å². The molecule has 0 saturated heterocycles. The summed E-state index contributed by atoms with van der Waals surface area (Å²) in [7, 11) is 0. The highest BCUT2D eigenvalue weighted by Crippen LogP contribution is 2.13. The number of amides is 1. The van der Waals surface area contributed by atoms with E-state index in [0.29, 0.717) is 13.0 Å². The number of hydrogen-bond acceptors (Lipinski definition) is 2. The summed E-state index contributed by atoms with van der Waals surface area (Å²) in [6.45, 7) is 4.62. The van der Waals surface area contributed by atoms with Gasteiger partial charge in [0.1, 0.15) is 5.82 Å². The third-order valence-corrected chi connectivity index (χ3v) is 4.01. The second kappa shape index (κ2) is 6.65. The summed E-state index contributed by atoms with van der Waals surface area (Å²) < 4.78 is 0. The first-order valence-corrected chi connectivity index (χ1v) is 7.88. The molecule has 0 unspecified atom stereocenters. The zero-order valence-corrected chi connectivity index (χ0v) is 13.5. The van der Waals surface area contributed by atoms with Crippen LogP contribution in [0, 0.1) is 13.8 Å². The highest BCUT2D eigenvalue weighted by molar-refractivity contribution is 5.79. The lowest BCUT2D eigenvalue weighted by atomic mass is 10.1. The lowest BCUT2D eigenvalue weighted by molar-refractivity contribution is -0.120. The van der Waals surface area contributed by atoms with E-state index < -0.39 is 0 Å². The molecule has 0 fully saturated rings. The maximum absolute atomic E-state index is 12.0. The van der Waals surface area contributed by atoms with Crippen molar-refractivity contribution in [1.29, 1.82) is 0 Å². The van der Waals surface area contributed by atoms with E-state index in [4.69, 9.17) is 0 Å². The van der Waals surface area contributed by atoms with Gasteiger partial charge in [-0.2, -0.15) is 0 Å². The Balaban J connectivity index is 1.53. The predicted molar refractivity (Wildman–Crippen MR) is 92.4 cm³/mol. The fraction of sp³-hybridized carbons (Fsp3) is 0.263. The summed E-state index contributed by atoms with van der Waals surface area (Å²) in [6.07, 6.45) is 1.25. The lowest BCUT2D eigenvalue weighted by Crippen LogP contribution is -2.27. The summed E-state index contributed by atoms with van der Waals surface area (Å²) in [5.41, 5.74) is 5.46. The first-order valence-electron chi connectivity index (χ1n) is 7.88. The monoisotopic (exact) mass is 307 g/mol. The number of imidazole rings is 1. The zero-order valence-electron chi connectivity index (χ0n) is 13.5. The minimum absolute atomic E-state index is 0.0674. The molecule has 1 heterocycles. The van der Waals surface area contributed by atoms with Gasteiger partial charge in [-0.05, 0) is 49.1 Å². The maximum atomic E-state index is 12.0. The maximum Gasteiger partial charge on any atom is 0.224 e. The van der Waals surface area contributed by atoms with Crippen molar-refractivity contribution >= 4 is 16.9 Å². The zero-order chi connectivity index (χ0) is 16.2. The number of hydrogen-bond donors (Lipinski definition) is 2. The molecule has 23 heavy (non-hydrogen) atoms. The smallest absolute Gasteiger partial charge is 0.224 e. The van der Waals surface area contributed by atoms with Gasteiger partial charge in [0.25, 0.3) is 0 Å². The number of aromatic nitrogens is 2. The van der Waals surface area contributed by atoms with E-state index in [-0.39, 0.29) is 5.91 Å². The van der Waals surface area contributed by atoms with E-state index in [2.05, 4.69) is 27.4 Å². The van der Waals surface area contributed by atoms with E-state index >= 15 is 0 Å². The second-order valence-corrected chi connectivity index (χ2v) is 5.88. The van der Waals surface area contributed by atoms with Crippen molar-refractivity contribution in [2.45, 2.75) is 26.7 Å². The number of nitrogens with zero attached hydrogens (tertiary/aromatic N) is 1. The van der Waals surface area contributed by atoms with Gasteiger partial charge in [-0.3, -0.25) is 4.79 Å². The van der Waals surface area contributed by atoms with Crippen LogP contribution in [0.1, 0.15) is 22.5 Å². The van der Waals surface area contributed by atoms with Gasteiger partial charge in [-0.1, -0.05) is 30.3 Å². The van der Waals surface area contributed by atoms with Crippen LogP contribution in [0.4, 0.5) is 0 Å². The van der Waals surface area contributed by atoms with Crippen LogP contribution in [-0.2, 0) is 17.6 Å². The largest absolute Gasteiger partial charge is 0.355 e. The molecule has 1 amide bonds. The van der Waals surface area contributed by atoms with Crippen LogP contribution >= 0.6 is 0 Å². The Morgan fingerprint density at radius 1 is 1.17 bits per heavy atom. The number of rotatable bonds is 5. The van der Waals surface area contributed by atoms with Gasteiger partial charge in [0.2, 0.25) is 5.91 Å². The molecule has 0 aliphatic rings. The van der Waals surface area contributed by atoms with Gasteiger partial charge in [0.05, 0.1) is 17.5 Å². The molecule has 3 aromatic rings. The summed E-state index contributed by atoms with van der Waals surface area (Å²) >= 11 is 0. The predicted octanol–water partition coefficient (Wildman–Crippen LogP) is 3.08. The van der Waals surface area contributed by atoms with E-state index in [1.165, 1.54) is 5.56 Å². The molecule has 4 heteroatoms. The van der Waals surface area contributed by atoms with Crippen molar-refractivity contribution < 1.29 is 4.79 Å². The molecule has 0 spiro atoms. The topological polar surface area (TPSA) is 57.8 Å². The van der Waals surface area contributed by atoms with Crippen molar-refractivity contribution in [2.75, 3.05) is 6.54 Å². The normalized spacial score (nSPS) is 10.9. The van der Waals surface area contributed by atoms with E-state index in [9.17, 15) is 4.79 Å². The fourth-order valence-corrected chi connectivity index (χ4v) is 2.73. The van der Waals surface area contributed by atoms with Gasteiger partial charge in [0, 0.05) is 6.54 Å². The highest BCUT2D eigenvalue weighted by Gasteiger charge is 2.06. The van der Waals surface area contributed by atoms with Gasteiger partial charge in [0.15, 0.2) is 0 Å². The van der Waals surface area contributed by atoms with E-state index in [0.717, 1.165) is 34.4 Å². The number of H-pyrrole nitrogens is 1. The fourth-order valence-electron chi connectivity index (χ4n) is 2.73. The second-order valence-electron chi connectivity index (χ2n) is 5.88. The first kappa shape index (κ1) is 15.3. The van der Waals surface area contributed by atoms with Crippen LogP contribution in [0.2, 0.25) is 0 Å². The standard InChI is InChI=1S/C19H21N3O/c1-13-5-3-4-6-16(13)12-19(23)20-10-9-15-7-8-17-18(11-15)22-14(2)21-17/h3-8,11H,9-10,12H2,1-2H3,(H,20,23)(H,21,22). The van der Waals surface area contributed by atoms with Crippen LogP contribution in [-0.4, -0.2) is 22.4 Å². The Kier molecular flexibility index (Phi) is 4.42. The van der Waals surface area contributed by atoms with E-state index in [1.54, 1.807) is 0 Å². The van der Waals surface area contributed by atoms with Crippen LogP contribution in [0.5, 0.6) is 0 Å². The molecule has 118 valence electrons. The highest BCUT2D eigenvalue weighted by atomic mass is 16.1. The molecule has 2 aromatic carbocycles. The Morgan fingerprint density at radius 3 is 2.83 bits per heavy atom. The SMILES string of the molecule is Cc1nc2ccc(CCNC(=O)Cc3ccccc3C)cc2[nH]1. The minimum Gasteiger partial charge on any atom is -0.355 e. The molecule has 0 atom stereocenters. The van der Waals surface area contributed by atoms with E-state index in [1.807, 2.05) is 44.2 Å². The lowest BCUT2D eigenvalue weighted by Gasteiger charge is -2.07. The number of nitrogens with one attached hydrogen (secondary N) is 2. The molecular formula is C19H21N3O. The number of benzene rings is 2. The number of aromatic amines is 1. The average molecular weight is 307 g/mol. The molecule has 3 rings (SSSR count). The number of aryl methyl sites for hydroxylation is 2. The van der Waals surface area contributed by atoms with Crippen LogP contribution in [0.15, 0.2) is 42.5 Å². The molecule has 0 radical (unpaired) electrons. The third-order valence-electron chi connectivity index (χ3n) is 4.01. The Labute approximate surface area is 136 Å². The van der Waals surface area contributed by atoms with Gasteiger partial charge in [-0.25, -0.2) is 4.98 Å². The molecular weight excluding hydrogens is 286 g/mol. The average Bonchev–Trinajstić information content (AvgIpc) is 2.89. The molecule has 2 N–H and O–H groups in total. The van der Waals surface area contributed by atoms with Crippen molar-refractivity contribution in [3.05, 3.63) is 65.0 Å². The van der Waals surface area contributed by atoms with Gasteiger partial charge >= 0.3 is 0 Å². The summed E-state index contributed by atoms with van der Waals surface area (Å²) in [6, 6.07) is 14.2. The minimum atomic E-state index is 0.0674. The third kappa shape index (κ3) is 3.77. The van der Waals surface area contributed by atoms with Crippen molar-refractivity contribution in [2.24, 2.45) is 0 Å². The van der Waals surface area contributed by atoms with Crippen LogP contribution in [0.25, 0.3) is 11.0 Å². The molecule has 0 aliphatic carbocycles. The Hall–Kier alpha value is -2.62. The summed E-state index contributed by atoms with van der Waals surface area (Å²) in [5, 5.41) is 3.00. The first-order chi connectivity index (χ1) is 11.1. The van der Waals surface area contributed by atoms with Gasteiger partial charge in [-0.15, -0.1) is 0 Å². The van der Waals surface area contributed by atoms with Gasteiger partial charge < -0.3 is 10.3 Å². The molecule has 4 nitrogen and oxygen atoms in total. The molecule has 0 aliphatic heterocycles. The van der Waals surface area contributed by atoms with Crippen molar-refractivity contribution in [3.63, 3.8) is 0 Å². The summed E-state index contributed by atoms with van der Waals surface area (Å²) in [4.78, 5) is 19.7. The number of fused-ring (bicyclic) bond motifs is 1. The quantitative estimate of drug-likeness (QED) is 0.761. The van der Waals surface area contributed by atoms with Crippen LogP contribution in [0.3, 0.4) is 0 Å². The molecule has 0 bridgehead atoms.